The summed E-state index contributed by atoms with van der Waals surface area (Å²) in [5, 5.41) is 11.9. The van der Waals surface area contributed by atoms with Crippen molar-refractivity contribution in [3.8, 4) is 11.5 Å². The van der Waals surface area contributed by atoms with Crippen LogP contribution in [0.15, 0.2) is 52.6 Å². The van der Waals surface area contributed by atoms with E-state index in [9.17, 15) is 14.7 Å². The van der Waals surface area contributed by atoms with Gasteiger partial charge in [0.25, 0.3) is 5.91 Å². The Hall–Kier alpha value is -2.80. The number of carbonyl (C=O) groups excluding carboxylic acids is 1. The molecule has 0 aliphatic carbocycles. The molecule has 0 heterocycles. The summed E-state index contributed by atoms with van der Waals surface area (Å²) in [6.07, 6.45) is 1.31. The van der Waals surface area contributed by atoms with Crippen LogP contribution in [0.4, 0.5) is 0 Å². The first-order valence-electron chi connectivity index (χ1n) is 8.76. The molecule has 2 rings (SSSR count). The van der Waals surface area contributed by atoms with E-state index in [1.54, 1.807) is 42.5 Å². The van der Waals surface area contributed by atoms with Crippen LogP contribution >= 0.6 is 15.9 Å². The monoisotopic (exact) mass is 447 g/mol. The number of carboxylic acid groups (broad SMARTS) is 1. The van der Waals surface area contributed by atoms with Crippen LogP contribution in [0.2, 0.25) is 0 Å². The van der Waals surface area contributed by atoms with Crippen molar-refractivity contribution >= 4 is 33.9 Å². The molecular weight excluding hydrogens is 426 g/mol. The molecule has 1 amide bonds. The Morgan fingerprint density at radius 2 is 1.89 bits per heavy atom. The lowest BCUT2D eigenvalue weighted by molar-refractivity contribution is -0.132. The molecule has 0 aliphatic rings. The van der Waals surface area contributed by atoms with E-state index < -0.39 is 11.9 Å². The van der Waals surface area contributed by atoms with Crippen LogP contribution in [0.25, 0.3) is 6.08 Å². The number of nitrogens with one attached hydrogen (secondary N) is 1. The summed E-state index contributed by atoms with van der Waals surface area (Å²) in [6.45, 7) is 6.07. The first-order valence-corrected chi connectivity index (χ1v) is 9.55. The lowest BCUT2D eigenvalue weighted by atomic mass is 10.1. The maximum absolute atomic E-state index is 12.3. The van der Waals surface area contributed by atoms with Crippen molar-refractivity contribution in [2.24, 2.45) is 0 Å². The van der Waals surface area contributed by atoms with Gasteiger partial charge in [0.15, 0.2) is 11.5 Å². The van der Waals surface area contributed by atoms with Gasteiger partial charge in [0.05, 0.1) is 17.2 Å². The largest absolute Gasteiger partial charge is 0.490 e. The quantitative estimate of drug-likeness (QED) is 0.582. The van der Waals surface area contributed by atoms with Crippen molar-refractivity contribution in [2.75, 3.05) is 6.61 Å². The molecule has 7 heteroatoms. The number of benzene rings is 2. The fourth-order valence-electron chi connectivity index (χ4n) is 2.39. The number of carboxylic acids is 1. The summed E-state index contributed by atoms with van der Waals surface area (Å²) in [7, 11) is 0. The average Bonchev–Trinajstić information content (AvgIpc) is 2.64. The fraction of sp³-hybridized carbons (Fsp3) is 0.238. The van der Waals surface area contributed by atoms with Crippen molar-refractivity contribution in [1.82, 2.24) is 5.32 Å². The third-order valence-corrected chi connectivity index (χ3v) is 4.10. The van der Waals surface area contributed by atoms with Crippen LogP contribution in [0.3, 0.4) is 0 Å². The van der Waals surface area contributed by atoms with Gasteiger partial charge >= 0.3 is 5.97 Å². The van der Waals surface area contributed by atoms with Gasteiger partial charge in [0.2, 0.25) is 0 Å². The minimum Gasteiger partial charge on any atom is -0.490 e. The lowest BCUT2D eigenvalue weighted by Crippen LogP contribution is -2.27. The van der Waals surface area contributed by atoms with E-state index in [-0.39, 0.29) is 11.8 Å². The molecule has 0 atom stereocenters. The lowest BCUT2D eigenvalue weighted by Gasteiger charge is -2.17. The summed E-state index contributed by atoms with van der Waals surface area (Å²) < 4.78 is 12.0. The van der Waals surface area contributed by atoms with E-state index in [4.69, 9.17) is 9.47 Å². The Labute approximate surface area is 172 Å². The topological polar surface area (TPSA) is 84.9 Å². The molecule has 0 bridgehead atoms. The van der Waals surface area contributed by atoms with Gasteiger partial charge in [-0.05, 0) is 72.6 Å². The third kappa shape index (κ3) is 5.85. The fourth-order valence-corrected chi connectivity index (χ4v) is 2.94. The maximum atomic E-state index is 12.3. The van der Waals surface area contributed by atoms with Crippen molar-refractivity contribution in [3.05, 3.63) is 63.8 Å². The van der Waals surface area contributed by atoms with E-state index in [0.29, 0.717) is 33.7 Å². The van der Waals surface area contributed by atoms with Crippen LogP contribution in [-0.2, 0) is 4.79 Å². The highest BCUT2D eigenvalue weighted by atomic mass is 79.9. The molecule has 2 N–H and O–H groups in total. The van der Waals surface area contributed by atoms with Gasteiger partial charge in [0.1, 0.15) is 5.70 Å². The Kier molecular flexibility index (Phi) is 7.63. The van der Waals surface area contributed by atoms with Gasteiger partial charge < -0.3 is 19.9 Å². The Morgan fingerprint density at radius 3 is 2.46 bits per heavy atom. The second-order valence-corrected chi connectivity index (χ2v) is 6.97. The predicted molar refractivity (Wildman–Crippen MR) is 111 cm³/mol. The number of hydrogen-bond donors (Lipinski definition) is 2. The van der Waals surface area contributed by atoms with E-state index >= 15 is 0 Å². The van der Waals surface area contributed by atoms with Crippen molar-refractivity contribution in [1.29, 1.82) is 0 Å². The summed E-state index contributed by atoms with van der Waals surface area (Å²) in [4.78, 5) is 23.9. The van der Waals surface area contributed by atoms with Crippen LogP contribution in [0, 0.1) is 0 Å². The second-order valence-electron chi connectivity index (χ2n) is 6.11. The van der Waals surface area contributed by atoms with Gasteiger partial charge in [0, 0.05) is 5.56 Å². The molecular formula is C21H22BrNO5. The number of ether oxygens (including phenoxy) is 2. The normalized spacial score (nSPS) is 11.2. The van der Waals surface area contributed by atoms with E-state index in [1.807, 2.05) is 20.8 Å². The van der Waals surface area contributed by atoms with Crippen LogP contribution in [-0.4, -0.2) is 29.7 Å². The second kappa shape index (κ2) is 9.94. The number of halogens is 1. The van der Waals surface area contributed by atoms with E-state index in [2.05, 4.69) is 21.2 Å². The minimum atomic E-state index is -1.25. The SMILES string of the molecule is CCOc1cc(/C=C(/NC(=O)c2ccccc2)C(=O)O)cc(Br)c1OC(C)C. The summed E-state index contributed by atoms with van der Waals surface area (Å²) in [5.41, 5.74) is 0.657. The Morgan fingerprint density at radius 1 is 1.21 bits per heavy atom. The molecule has 0 aromatic heterocycles. The number of rotatable bonds is 8. The zero-order valence-electron chi connectivity index (χ0n) is 15.9. The highest BCUT2D eigenvalue weighted by Gasteiger charge is 2.16. The van der Waals surface area contributed by atoms with Gasteiger partial charge in [-0.3, -0.25) is 4.79 Å². The Balaban J connectivity index is 2.38. The van der Waals surface area contributed by atoms with Gasteiger partial charge in [-0.15, -0.1) is 0 Å². The molecule has 0 spiro atoms. The zero-order valence-corrected chi connectivity index (χ0v) is 17.4. The van der Waals surface area contributed by atoms with Gasteiger partial charge in [-0.1, -0.05) is 18.2 Å². The van der Waals surface area contributed by atoms with E-state index in [0.717, 1.165) is 0 Å². The number of amides is 1. The Bertz CT molecular complexity index is 878. The highest BCUT2D eigenvalue weighted by Crippen LogP contribution is 2.38. The number of hydrogen-bond acceptors (Lipinski definition) is 4. The smallest absolute Gasteiger partial charge is 0.352 e. The molecule has 0 saturated carbocycles. The summed E-state index contributed by atoms with van der Waals surface area (Å²) in [5.74, 6) is -0.728. The van der Waals surface area contributed by atoms with Crippen molar-refractivity contribution in [2.45, 2.75) is 26.9 Å². The average molecular weight is 448 g/mol. The van der Waals surface area contributed by atoms with Gasteiger partial charge in [-0.25, -0.2) is 4.79 Å². The molecule has 0 unspecified atom stereocenters. The molecule has 0 radical (unpaired) electrons. The van der Waals surface area contributed by atoms with Crippen molar-refractivity contribution in [3.63, 3.8) is 0 Å². The summed E-state index contributed by atoms with van der Waals surface area (Å²) in [6, 6.07) is 11.8. The number of aliphatic carboxylic acids is 1. The highest BCUT2D eigenvalue weighted by molar-refractivity contribution is 9.10. The molecule has 2 aromatic rings. The molecule has 2 aromatic carbocycles. The molecule has 28 heavy (non-hydrogen) atoms. The molecule has 6 nitrogen and oxygen atoms in total. The minimum absolute atomic E-state index is 0.0587. The standard InChI is InChI=1S/C21H22BrNO5/c1-4-27-18-12-14(10-16(22)19(18)28-13(2)3)11-17(21(25)26)23-20(24)15-8-6-5-7-9-15/h5-13H,4H2,1-3H3,(H,23,24)(H,25,26)/b17-11+. The zero-order chi connectivity index (χ0) is 20.7. The molecule has 0 fully saturated rings. The van der Waals surface area contributed by atoms with Crippen molar-refractivity contribution < 1.29 is 24.2 Å². The third-order valence-electron chi connectivity index (χ3n) is 3.51. The molecule has 148 valence electrons. The number of carbonyl (C=O) groups is 2. The van der Waals surface area contributed by atoms with E-state index in [1.165, 1.54) is 6.08 Å². The first kappa shape index (κ1) is 21.5. The van der Waals surface area contributed by atoms with Crippen LogP contribution in [0.5, 0.6) is 11.5 Å². The molecule has 0 aliphatic heterocycles. The van der Waals surface area contributed by atoms with Crippen LogP contribution < -0.4 is 14.8 Å². The first-order chi connectivity index (χ1) is 13.3. The maximum Gasteiger partial charge on any atom is 0.352 e. The van der Waals surface area contributed by atoms with Crippen LogP contribution in [0.1, 0.15) is 36.7 Å². The summed E-state index contributed by atoms with van der Waals surface area (Å²) >= 11 is 3.44. The molecule has 0 saturated heterocycles. The van der Waals surface area contributed by atoms with Gasteiger partial charge in [-0.2, -0.15) is 0 Å². The predicted octanol–water partition coefficient (Wildman–Crippen LogP) is 4.49.